The van der Waals surface area contributed by atoms with Crippen molar-refractivity contribution in [1.82, 2.24) is 30.2 Å². The van der Waals surface area contributed by atoms with Crippen molar-refractivity contribution in [2.45, 2.75) is 24.8 Å². The number of hydrogen-bond acceptors (Lipinski definition) is 5. The fourth-order valence-electron chi connectivity index (χ4n) is 1.67. The lowest BCUT2D eigenvalue weighted by atomic mass is 10.4. The molecule has 4 N–H and O–H groups in total. The first-order chi connectivity index (χ1) is 9.62. The molecule has 0 radical (unpaired) electrons. The van der Waals surface area contributed by atoms with Crippen LogP contribution in [0.2, 0.25) is 0 Å². The van der Waals surface area contributed by atoms with Gasteiger partial charge in [-0.05, 0) is 12.6 Å². The Morgan fingerprint density at radius 3 is 2.95 bits per heavy atom. The molecule has 0 aliphatic heterocycles. The van der Waals surface area contributed by atoms with E-state index in [2.05, 4.69) is 30.2 Å². The summed E-state index contributed by atoms with van der Waals surface area (Å²) in [5, 5.41) is 9.51. The van der Waals surface area contributed by atoms with Gasteiger partial charge in [0.1, 0.15) is 12.2 Å². The number of aromatic amines is 2. The van der Waals surface area contributed by atoms with E-state index in [4.69, 9.17) is 0 Å². The molecule has 0 unspecified atom stereocenters. The highest BCUT2D eigenvalue weighted by molar-refractivity contribution is 7.89. The monoisotopic (exact) mass is 298 g/mol. The molecule has 9 heteroatoms. The molecule has 8 nitrogen and oxygen atoms in total. The van der Waals surface area contributed by atoms with Crippen molar-refractivity contribution in [2.75, 3.05) is 13.1 Å². The fourth-order valence-corrected chi connectivity index (χ4v) is 2.72. The van der Waals surface area contributed by atoms with Gasteiger partial charge in [-0.3, -0.25) is 5.10 Å². The molecule has 0 bridgehead atoms. The highest BCUT2D eigenvalue weighted by atomic mass is 32.2. The molecule has 0 aliphatic carbocycles. The van der Waals surface area contributed by atoms with Crippen LogP contribution in [0.25, 0.3) is 0 Å². The lowest BCUT2D eigenvalue weighted by Crippen LogP contribution is -2.26. The number of hydrogen-bond donors (Lipinski definition) is 4. The van der Waals surface area contributed by atoms with Crippen LogP contribution in [0, 0.1) is 0 Å². The second-order valence-electron chi connectivity index (χ2n) is 4.22. The maximum Gasteiger partial charge on any atom is 0.242 e. The Morgan fingerprint density at radius 2 is 2.25 bits per heavy atom. The van der Waals surface area contributed by atoms with Gasteiger partial charge >= 0.3 is 0 Å². The van der Waals surface area contributed by atoms with Crippen molar-refractivity contribution < 1.29 is 8.42 Å². The Kier molecular flexibility index (Phi) is 4.88. The second kappa shape index (κ2) is 6.64. The van der Waals surface area contributed by atoms with Gasteiger partial charge in [-0.1, -0.05) is 6.92 Å². The van der Waals surface area contributed by atoms with Crippen molar-refractivity contribution in [3.63, 3.8) is 0 Å². The van der Waals surface area contributed by atoms with Crippen LogP contribution in [0.15, 0.2) is 23.5 Å². The number of rotatable bonds is 8. The van der Waals surface area contributed by atoms with Crippen LogP contribution in [0.1, 0.15) is 18.4 Å². The van der Waals surface area contributed by atoms with E-state index in [1.807, 2.05) is 6.92 Å². The molecule has 0 fully saturated rings. The number of H-pyrrole nitrogens is 2. The maximum absolute atomic E-state index is 12.1. The molecule has 0 spiro atoms. The van der Waals surface area contributed by atoms with Gasteiger partial charge in [-0.2, -0.15) is 5.10 Å². The Morgan fingerprint density at radius 1 is 1.40 bits per heavy atom. The third kappa shape index (κ3) is 3.89. The van der Waals surface area contributed by atoms with Gasteiger partial charge in [0.2, 0.25) is 10.0 Å². The molecule has 0 saturated heterocycles. The first-order valence-corrected chi connectivity index (χ1v) is 7.82. The van der Waals surface area contributed by atoms with Gasteiger partial charge in [-0.25, -0.2) is 18.1 Å². The van der Waals surface area contributed by atoms with Crippen molar-refractivity contribution in [3.05, 3.63) is 30.1 Å². The third-order valence-corrected chi connectivity index (χ3v) is 4.15. The van der Waals surface area contributed by atoms with E-state index in [9.17, 15) is 8.42 Å². The van der Waals surface area contributed by atoms with Crippen molar-refractivity contribution in [2.24, 2.45) is 0 Å². The van der Waals surface area contributed by atoms with Crippen LogP contribution >= 0.6 is 0 Å². The zero-order chi connectivity index (χ0) is 14.4. The predicted molar refractivity (Wildman–Crippen MR) is 73.4 cm³/mol. The summed E-state index contributed by atoms with van der Waals surface area (Å²) in [6.45, 7) is 3.71. The number of nitrogens with one attached hydrogen (secondary N) is 4. The Bertz CT molecular complexity index is 619. The highest BCUT2D eigenvalue weighted by Gasteiger charge is 2.15. The quantitative estimate of drug-likeness (QED) is 0.537. The van der Waals surface area contributed by atoms with E-state index >= 15 is 0 Å². The fraction of sp³-hybridized carbons (Fsp3) is 0.455. The van der Waals surface area contributed by atoms with E-state index in [0.29, 0.717) is 18.8 Å². The molecular formula is C11H18N6O2S. The van der Waals surface area contributed by atoms with E-state index in [-0.39, 0.29) is 11.4 Å². The minimum Gasteiger partial charge on any atom is -0.363 e. The Labute approximate surface area is 117 Å². The molecule has 0 amide bonds. The van der Waals surface area contributed by atoms with Crippen LogP contribution < -0.4 is 10.0 Å². The Hall–Kier alpha value is -1.71. The van der Waals surface area contributed by atoms with E-state index in [1.165, 1.54) is 12.5 Å². The zero-order valence-corrected chi connectivity index (χ0v) is 12.0. The van der Waals surface area contributed by atoms with Gasteiger partial charge in [-0.15, -0.1) is 0 Å². The molecular weight excluding hydrogens is 280 g/mol. The molecule has 0 saturated carbocycles. The van der Waals surface area contributed by atoms with Gasteiger partial charge < -0.3 is 10.3 Å². The molecule has 2 aromatic rings. The van der Waals surface area contributed by atoms with Crippen molar-refractivity contribution in [1.29, 1.82) is 0 Å². The molecule has 0 aliphatic rings. The molecule has 2 rings (SSSR count). The maximum atomic E-state index is 12.1. The summed E-state index contributed by atoms with van der Waals surface area (Å²) in [6.07, 6.45) is 3.35. The topological polar surface area (TPSA) is 116 Å². The summed E-state index contributed by atoms with van der Waals surface area (Å²) in [4.78, 5) is 7.11. The number of aromatic nitrogens is 4. The summed E-state index contributed by atoms with van der Waals surface area (Å²) < 4.78 is 26.6. The molecule has 20 heavy (non-hydrogen) atoms. The molecule has 0 aromatic carbocycles. The summed E-state index contributed by atoms with van der Waals surface area (Å²) >= 11 is 0. The van der Waals surface area contributed by atoms with Gasteiger partial charge in [0.25, 0.3) is 0 Å². The van der Waals surface area contributed by atoms with E-state index < -0.39 is 10.0 Å². The summed E-state index contributed by atoms with van der Waals surface area (Å²) in [6, 6.07) is 1.62. The zero-order valence-electron chi connectivity index (χ0n) is 11.2. The average Bonchev–Trinajstić information content (AvgIpc) is 3.07. The highest BCUT2D eigenvalue weighted by Crippen LogP contribution is 2.10. The van der Waals surface area contributed by atoms with Crippen LogP contribution in [0.5, 0.6) is 0 Å². The summed E-state index contributed by atoms with van der Waals surface area (Å²) in [5.74, 6) is 0.648. The second-order valence-corrected chi connectivity index (χ2v) is 5.99. The van der Waals surface area contributed by atoms with Crippen LogP contribution in [-0.4, -0.2) is 41.7 Å². The molecule has 2 heterocycles. The first-order valence-electron chi connectivity index (χ1n) is 6.33. The van der Waals surface area contributed by atoms with Gasteiger partial charge in [0, 0.05) is 31.4 Å². The van der Waals surface area contributed by atoms with Crippen molar-refractivity contribution in [3.8, 4) is 0 Å². The van der Waals surface area contributed by atoms with Gasteiger partial charge in [0.15, 0.2) is 0 Å². The van der Waals surface area contributed by atoms with Crippen LogP contribution in [0.3, 0.4) is 0 Å². The average molecular weight is 298 g/mol. The van der Waals surface area contributed by atoms with E-state index in [0.717, 1.165) is 12.2 Å². The first kappa shape index (κ1) is 14.7. The SMILES string of the molecule is CCNCc1cc(S(=O)(=O)NCCc2ncn[nH]2)c[nH]1. The van der Waals surface area contributed by atoms with Crippen LogP contribution in [-0.2, 0) is 23.0 Å². The van der Waals surface area contributed by atoms with E-state index in [1.54, 1.807) is 6.07 Å². The third-order valence-electron chi connectivity index (χ3n) is 2.71. The van der Waals surface area contributed by atoms with Gasteiger partial charge in [0.05, 0.1) is 4.90 Å². The number of nitrogens with zero attached hydrogens (tertiary/aromatic N) is 2. The minimum atomic E-state index is -3.49. The number of sulfonamides is 1. The standard InChI is InChI=1S/C11H18N6O2S/c1-2-12-6-9-5-10(7-13-9)20(18,19)16-4-3-11-14-8-15-17-11/h5,7-8,12-13,16H,2-4,6H2,1H3,(H,14,15,17). The lowest BCUT2D eigenvalue weighted by molar-refractivity contribution is 0.581. The predicted octanol–water partition coefficient (Wildman–Crippen LogP) is -0.237. The van der Waals surface area contributed by atoms with Crippen molar-refractivity contribution >= 4 is 10.0 Å². The summed E-state index contributed by atoms with van der Waals surface area (Å²) in [5.41, 5.74) is 0.836. The molecule has 110 valence electrons. The molecule has 0 atom stereocenters. The minimum absolute atomic E-state index is 0.239. The van der Waals surface area contributed by atoms with Crippen LogP contribution in [0.4, 0.5) is 0 Å². The smallest absolute Gasteiger partial charge is 0.242 e. The normalized spacial score (nSPS) is 11.8. The summed E-state index contributed by atoms with van der Waals surface area (Å²) in [7, 11) is -3.49. The lowest BCUT2D eigenvalue weighted by Gasteiger charge is -2.03. The Balaban J connectivity index is 1.90. The molecule has 2 aromatic heterocycles. The largest absolute Gasteiger partial charge is 0.363 e.